The number of carbonyl (C=O) groups is 2. The Hall–Kier alpha value is -2.93. The van der Waals surface area contributed by atoms with Crippen LogP contribution in [-0.4, -0.2) is 22.0 Å². The van der Waals surface area contributed by atoms with E-state index in [9.17, 15) is 14.7 Å². The van der Waals surface area contributed by atoms with Gasteiger partial charge in [0.05, 0.1) is 16.6 Å². The highest BCUT2D eigenvalue weighted by atomic mass is 32.2. The van der Waals surface area contributed by atoms with E-state index in [-0.39, 0.29) is 17.2 Å². The van der Waals surface area contributed by atoms with Crippen LogP contribution in [0, 0.1) is 0 Å². The second kappa shape index (κ2) is 6.45. The smallest absolute Gasteiger partial charge is 0.264 e. The van der Waals surface area contributed by atoms with Crippen molar-refractivity contribution in [3.63, 3.8) is 0 Å². The van der Waals surface area contributed by atoms with E-state index < -0.39 is 5.97 Å². The fourth-order valence-corrected chi connectivity index (χ4v) is 2.78. The van der Waals surface area contributed by atoms with E-state index in [1.807, 2.05) is 6.07 Å². The minimum absolute atomic E-state index is 0.0282. The number of carbonyl (C=O) groups excluding carboxylic acids is 2. The van der Waals surface area contributed by atoms with Gasteiger partial charge in [-0.05, 0) is 35.5 Å². The molecule has 0 unspecified atom stereocenters. The number of thioether (sulfide) groups is 1. The number of hydrogen-bond acceptors (Lipinski definition) is 6. The lowest BCUT2D eigenvalue weighted by Gasteiger charge is -2.06. The molecule has 1 saturated heterocycles. The van der Waals surface area contributed by atoms with Gasteiger partial charge in [0.25, 0.3) is 5.91 Å². The Morgan fingerprint density at radius 2 is 2.09 bits per heavy atom. The second-order valence-electron chi connectivity index (χ2n) is 4.57. The van der Waals surface area contributed by atoms with Gasteiger partial charge < -0.3 is 15.2 Å². The summed E-state index contributed by atoms with van der Waals surface area (Å²) in [5, 5.41) is 14.0. The van der Waals surface area contributed by atoms with Crippen LogP contribution in [0.1, 0.15) is 15.9 Å². The van der Waals surface area contributed by atoms with Crippen LogP contribution in [0.2, 0.25) is 0 Å². The molecule has 0 spiro atoms. The van der Waals surface area contributed by atoms with Crippen molar-refractivity contribution in [2.75, 3.05) is 0 Å². The fraction of sp³-hybridized carbons (Fsp3) is 0. The Bertz CT molecular complexity index is 831. The van der Waals surface area contributed by atoms with Gasteiger partial charge in [-0.3, -0.25) is 9.78 Å². The zero-order valence-corrected chi connectivity index (χ0v) is 12.5. The first-order chi connectivity index (χ1) is 11.1. The number of nitrogens with one attached hydrogen (secondary N) is 1. The van der Waals surface area contributed by atoms with Crippen molar-refractivity contribution in [1.29, 1.82) is 0 Å². The normalized spacial score (nSPS) is 17.5. The molecule has 2 aromatic rings. The number of rotatable bonds is 3. The standard InChI is InChI=1S/C16H11N3O3S/c20-14-13(8-10-4-3-7-17-9-10)23-16(19-14)18-12-6-2-1-5-11(12)15(21)22/h1-9H,(H,21,22)(H,18,19,20)/p-1/b13-8-. The number of pyridine rings is 1. The molecule has 1 fully saturated rings. The molecular formula is C16H10N3O3S-. The molecule has 2 heterocycles. The topological polar surface area (TPSA) is 94.5 Å². The number of amides is 1. The lowest BCUT2D eigenvalue weighted by molar-refractivity contribution is -0.254. The Morgan fingerprint density at radius 1 is 1.26 bits per heavy atom. The lowest BCUT2D eigenvalue weighted by atomic mass is 10.2. The van der Waals surface area contributed by atoms with E-state index >= 15 is 0 Å². The first-order valence-corrected chi connectivity index (χ1v) is 7.45. The van der Waals surface area contributed by atoms with Crippen LogP contribution in [0.15, 0.2) is 58.7 Å². The SMILES string of the molecule is O=C1NC(=Nc2ccccc2C(=O)[O-])S/C1=C\c1cccnc1. The average Bonchev–Trinajstić information content (AvgIpc) is 2.88. The number of aliphatic imine (C=N–C) groups is 1. The summed E-state index contributed by atoms with van der Waals surface area (Å²) in [6.07, 6.45) is 4.98. The quantitative estimate of drug-likeness (QED) is 0.860. The molecule has 1 aliphatic heterocycles. The Balaban J connectivity index is 1.88. The van der Waals surface area contributed by atoms with Crippen molar-refractivity contribution in [2.45, 2.75) is 0 Å². The van der Waals surface area contributed by atoms with Crippen LogP contribution in [0.25, 0.3) is 6.08 Å². The van der Waals surface area contributed by atoms with Gasteiger partial charge in [0, 0.05) is 18.0 Å². The minimum atomic E-state index is -1.31. The van der Waals surface area contributed by atoms with E-state index in [0.29, 0.717) is 10.1 Å². The molecule has 1 aromatic heterocycles. The summed E-state index contributed by atoms with van der Waals surface area (Å²) >= 11 is 1.14. The summed E-state index contributed by atoms with van der Waals surface area (Å²) < 4.78 is 0. The van der Waals surface area contributed by atoms with E-state index in [0.717, 1.165) is 17.3 Å². The van der Waals surface area contributed by atoms with Crippen molar-refractivity contribution < 1.29 is 14.7 Å². The predicted molar refractivity (Wildman–Crippen MR) is 85.8 cm³/mol. The summed E-state index contributed by atoms with van der Waals surface area (Å²) in [7, 11) is 0. The summed E-state index contributed by atoms with van der Waals surface area (Å²) in [6.45, 7) is 0. The van der Waals surface area contributed by atoms with Crippen molar-refractivity contribution in [1.82, 2.24) is 10.3 Å². The molecule has 114 valence electrons. The first kappa shape index (κ1) is 15.0. The third-order valence-electron chi connectivity index (χ3n) is 2.98. The second-order valence-corrected chi connectivity index (χ2v) is 5.60. The van der Waals surface area contributed by atoms with E-state index in [1.165, 1.54) is 6.07 Å². The van der Waals surface area contributed by atoms with Gasteiger partial charge in [-0.2, -0.15) is 0 Å². The molecule has 3 rings (SSSR count). The molecule has 0 saturated carbocycles. The average molecular weight is 324 g/mol. The third kappa shape index (κ3) is 3.46. The number of carboxylic acids is 1. The zero-order chi connectivity index (χ0) is 16.2. The van der Waals surface area contributed by atoms with Crippen molar-refractivity contribution in [3.05, 3.63) is 64.8 Å². The van der Waals surface area contributed by atoms with Gasteiger partial charge in [-0.15, -0.1) is 0 Å². The molecule has 1 amide bonds. The van der Waals surface area contributed by atoms with Crippen molar-refractivity contribution in [2.24, 2.45) is 4.99 Å². The molecule has 1 aromatic carbocycles. The molecule has 1 N–H and O–H groups in total. The first-order valence-electron chi connectivity index (χ1n) is 6.63. The van der Waals surface area contributed by atoms with E-state index in [2.05, 4.69) is 15.3 Å². The van der Waals surface area contributed by atoms with Crippen LogP contribution >= 0.6 is 11.8 Å². The number of carboxylic acid groups (broad SMARTS) is 1. The molecule has 0 aliphatic carbocycles. The number of nitrogens with zero attached hydrogens (tertiary/aromatic N) is 2. The summed E-state index contributed by atoms with van der Waals surface area (Å²) in [5.41, 5.74) is 0.999. The molecule has 1 aliphatic rings. The molecule has 0 atom stereocenters. The van der Waals surface area contributed by atoms with Gasteiger partial charge in [0.15, 0.2) is 5.17 Å². The van der Waals surface area contributed by atoms with Crippen LogP contribution in [0.3, 0.4) is 0 Å². The Labute approximate surface area is 136 Å². The van der Waals surface area contributed by atoms with Crippen molar-refractivity contribution in [3.8, 4) is 0 Å². The molecule has 6 nitrogen and oxygen atoms in total. The maximum atomic E-state index is 12.0. The molecule has 0 radical (unpaired) electrons. The highest BCUT2D eigenvalue weighted by molar-refractivity contribution is 8.18. The number of para-hydroxylation sites is 1. The van der Waals surface area contributed by atoms with E-state index in [1.54, 1.807) is 42.7 Å². The van der Waals surface area contributed by atoms with Gasteiger partial charge in [-0.25, -0.2) is 4.99 Å². The fourth-order valence-electron chi connectivity index (χ4n) is 1.95. The molecule has 7 heteroatoms. The number of hydrogen-bond donors (Lipinski definition) is 1. The maximum absolute atomic E-state index is 12.0. The largest absolute Gasteiger partial charge is 0.545 e. The number of aromatic nitrogens is 1. The molecule has 23 heavy (non-hydrogen) atoms. The highest BCUT2D eigenvalue weighted by Crippen LogP contribution is 2.28. The summed E-state index contributed by atoms with van der Waals surface area (Å²) in [5.74, 6) is -1.60. The minimum Gasteiger partial charge on any atom is -0.545 e. The van der Waals surface area contributed by atoms with Crippen LogP contribution in [0.4, 0.5) is 5.69 Å². The lowest BCUT2D eigenvalue weighted by Crippen LogP contribution is -2.23. The van der Waals surface area contributed by atoms with Gasteiger partial charge in [-0.1, -0.05) is 24.3 Å². The predicted octanol–water partition coefficient (Wildman–Crippen LogP) is 1.34. The van der Waals surface area contributed by atoms with Crippen LogP contribution < -0.4 is 10.4 Å². The monoisotopic (exact) mass is 324 g/mol. The molecule has 0 bridgehead atoms. The highest BCUT2D eigenvalue weighted by Gasteiger charge is 2.24. The number of aromatic carboxylic acids is 1. The Morgan fingerprint density at radius 3 is 2.83 bits per heavy atom. The zero-order valence-electron chi connectivity index (χ0n) is 11.7. The van der Waals surface area contributed by atoms with E-state index in [4.69, 9.17) is 0 Å². The maximum Gasteiger partial charge on any atom is 0.264 e. The van der Waals surface area contributed by atoms with Crippen molar-refractivity contribution >= 4 is 40.6 Å². The summed E-state index contributed by atoms with van der Waals surface area (Å²) in [6, 6.07) is 9.81. The summed E-state index contributed by atoms with van der Waals surface area (Å²) in [4.78, 5) is 31.7. The van der Waals surface area contributed by atoms with Gasteiger partial charge in [0.1, 0.15) is 0 Å². The Kier molecular flexibility index (Phi) is 4.20. The van der Waals surface area contributed by atoms with Crippen LogP contribution in [0.5, 0.6) is 0 Å². The number of benzene rings is 1. The van der Waals surface area contributed by atoms with Crippen LogP contribution in [-0.2, 0) is 4.79 Å². The number of amidine groups is 1. The van der Waals surface area contributed by atoms with Gasteiger partial charge >= 0.3 is 0 Å². The van der Waals surface area contributed by atoms with Gasteiger partial charge in [0.2, 0.25) is 0 Å². The molecular weight excluding hydrogens is 314 g/mol. The third-order valence-corrected chi connectivity index (χ3v) is 3.89.